The Morgan fingerprint density at radius 1 is 1.16 bits per heavy atom. The number of carbonyl (C=O) groups excluding carboxylic acids is 1. The van der Waals surface area contributed by atoms with Crippen LogP contribution >= 0.6 is 11.8 Å². The number of thioether (sulfide) groups is 1. The van der Waals surface area contributed by atoms with E-state index in [0.29, 0.717) is 12.0 Å². The van der Waals surface area contributed by atoms with E-state index in [-0.39, 0.29) is 5.56 Å². The number of halogens is 2. The Balaban J connectivity index is 2.41. The molecule has 2 nitrogen and oxygen atoms in total. The van der Waals surface area contributed by atoms with Crippen molar-refractivity contribution in [2.45, 2.75) is 4.90 Å². The fraction of sp³-hybridized carbons (Fsp3) is 0.0714. The third kappa shape index (κ3) is 2.93. The number of carbonyl (C=O) groups is 1. The highest BCUT2D eigenvalue weighted by molar-refractivity contribution is 7.98. The largest absolute Gasteiger partial charge is 0.450 e. The number of benzene rings is 2. The van der Waals surface area contributed by atoms with Gasteiger partial charge in [-0.25, -0.2) is 8.78 Å². The molecule has 0 radical (unpaired) electrons. The van der Waals surface area contributed by atoms with Crippen molar-refractivity contribution < 1.29 is 18.3 Å². The van der Waals surface area contributed by atoms with Gasteiger partial charge in [-0.05, 0) is 30.5 Å². The van der Waals surface area contributed by atoms with Crippen LogP contribution in [-0.4, -0.2) is 12.5 Å². The molecule has 0 aliphatic carbocycles. The van der Waals surface area contributed by atoms with Gasteiger partial charge in [0.2, 0.25) is 0 Å². The summed E-state index contributed by atoms with van der Waals surface area (Å²) in [7, 11) is 0. The van der Waals surface area contributed by atoms with Gasteiger partial charge in [-0.1, -0.05) is 12.1 Å². The first kappa shape index (κ1) is 13.5. The highest BCUT2D eigenvalue weighted by Gasteiger charge is 2.15. The van der Waals surface area contributed by atoms with Gasteiger partial charge in [0.15, 0.2) is 17.4 Å². The number of hydrogen-bond acceptors (Lipinski definition) is 3. The molecule has 19 heavy (non-hydrogen) atoms. The Hall–Kier alpha value is -1.88. The molecule has 0 amide bonds. The second-order valence-electron chi connectivity index (χ2n) is 3.68. The van der Waals surface area contributed by atoms with Crippen LogP contribution in [0.5, 0.6) is 11.5 Å². The number of para-hydroxylation sites is 1. The summed E-state index contributed by atoms with van der Waals surface area (Å²) >= 11 is 1.41. The summed E-state index contributed by atoms with van der Waals surface area (Å²) in [6.07, 6.45) is 2.22. The van der Waals surface area contributed by atoms with Gasteiger partial charge >= 0.3 is 0 Å². The van der Waals surface area contributed by atoms with Crippen molar-refractivity contribution >= 4 is 18.0 Å². The van der Waals surface area contributed by atoms with Crippen LogP contribution in [0.3, 0.4) is 0 Å². The standard InChI is InChI=1S/C14H10F2O2S/c1-19-13-5-3-2-4-12(13)18-14-10(15)6-9(8-17)7-11(14)16/h2-8H,1H3. The summed E-state index contributed by atoms with van der Waals surface area (Å²) in [5.41, 5.74) is -0.0690. The molecule has 0 bridgehead atoms. The molecule has 0 aromatic heterocycles. The predicted molar refractivity (Wildman–Crippen MR) is 70.0 cm³/mol. The molecule has 0 spiro atoms. The second kappa shape index (κ2) is 5.84. The van der Waals surface area contributed by atoms with Gasteiger partial charge in [-0.2, -0.15) is 0 Å². The Kier molecular flexibility index (Phi) is 4.16. The Morgan fingerprint density at radius 3 is 2.37 bits per heavy atom. The van der Waals surface area contributed by atoms with Crippen LogP contribution in [0.2, 0.25) is 0 Å². The summed E-state index contributed by atoms with van der Waals surface area (Å²) in [5.74, 6) is -1.95. The van der Waals surface area contributed by atoms with E-state index in [4.69, 9.17) is 4.74 Å². The lowest BCUT2D eigenvalue weighted by atomic mass is 10.2. The summed E-state index contributed by atoms with van der Waals surface area (Å²) in [6.45, 7) is 0. The lowest BCUT2D eigenvalue weighted by Crippen LogP contribution is -1.96. The zero-order valence-corrected chi connectivity index (χ0v) is 10.8. The molecule has 0 aliphatic heterocycles. The fourth-order valence-corrected chi connectivity index (χ4v) is 2.08. The quantitative estimate of drug-likeness (QED) is 0.617. The topological polar surface area (TPSA) is 26.3 Å². The van der Waals surface area contributed by atoms with Crippen LogP contribution in [0.25, 0.3) is 0 Å². The van der Waals surface area contributed by atoms with E-state index in [0.717, 1.165) is 17.0 Å². The van der Waals surface area contributed by atoms with Gasteiger partial charge in [0.05, 0.1) is 0 Å². The lowest BCUT2D eigenvalue weighted by Gasteiger charge is -2.11. The summed E-state index contributed by atoms with van der Waals surface area (Å²) in [4.78, 5) is 11.3. The van der Waals surface area contributed by atoms with Crippen molar-refractivity contribution in [2.75, 3.05) is 6.26 Å². The molecule has 0 unspecified atom stereocenters. The van der Waals surface area contributed by atoms with E-state index in [1.54, 1.807) is 24.3 Å². The van der Waals surface area contributed by atoms with Crippen LogP contribution in [0.4, 0.5) is 8.78 Å². The molecule has 2 rings (SSSR count). The summed E-state index contributed by atoms with van der Waals surface area (Å²) in [5, 5.41) is 0. The second-order valence-corrected chi connectivity index (χ2v) is 4.53. The maximum atomic E-state index is 13.7. The van der Waals surface area contributed by atoms with E-state index in [2.05, 4.69) is 0 Å². The van der Waals surface area contributed by atoms with Crippen LogP contribution in [0.1, 0.15) is 10.4 Å². The lowest BCUT2D eigenvalue weighted by molar-refractivity contribution is 0.112. The first-order chi connectivity index (χ1) is 9.15. The molecule has 2 aromatic carbocycles. The van der Waals surface area contributed by atoms with E-state index in [1.807, 2.05) is 6.26 Å². The number of ether oxygens (including phenoxy) is 1. The van der Waals surface area contributed by atoms with Crippen LogP contribution in [0, 0.1) is 11.6 Å². The molecule has 0 saturated carbocycles. The maximum Gasteiger partial charge on any atom is 0.198 e. The van der Waals surface area contributed by atoms with Crippen molar-refractivity contribution in [2.24, 2.45) is 0 Å². The predicted octanol–water partition coefficient (Wildman–Crippen LogP) is 4.29. The normalized spacial score (nSPS) is 10.3. The minimum Gasteiger partial charge on any atom is -0.450 e. The van der Waals surface area contributed by atoms with Gasteiger partial charge < -0.3 is 4.74 Å². The summed E-state index contributed by atoms with van der Waals surface area (Å²) in [6, 6.07) is 8.81. The molecule has 0 aliphatic rings. The Morgan fingerprint density at radius 2 is 1.79 bits per heavy atom. The van der Waals surface area contributed by atoms with Crippen molar-refractivity contribution in [3.8, 4) is 11.5 Å². The third-order valence-electron chi connectivity index (χ3n) is 2.44. The first-order valence-corrected chi connectivity index (χ1v) is 6.63. The highest BCUT2D eigenvalue weighted by atomic mass is 32.2. The van der Waals surface area contributed by atoms with Crippen molar-refractivity contribution in [3.63, 3.8) is 0 Å². The average Bonchev–Trinajstić information content (AvgIpc) is 2.43. The smallest absolute Gasteiger partial charge is 0.198 e. The monoisotopic (exact) mass is 280 g/mol. The SMILES string of the molecule is CSc1ccccc1Oc1c(F)cc(C=O)cc1F. The zero-order valence-electron chi connectivity index (χ0n) is 10.0. The zero-order chi connectivity index (χ0) is 13.8. The van der Waals surface area contributed by atoms with Gasteiger partial charge in [0, 0.05) is 10.5 Å². The van der Waals surface area contributed by atoms with Crippen LogP contribution in [-0.2, 0) is 0 Å². The number of rotatable bonds is 4. The van der Waals surface area contributed by atoms with E-state index < -0.39 is 17.4 Å². The van der Waals surface area contributed by atoms with Crippen molar-refractivity contribution in [1.29, 1.82) is 0 Å². The molecular formula is C14H10F2O2S. The van der Waals surface area contributed by atoms with Crippen LogP contribution < -0.4 is 4.74 Å². The van der Waals surface area contributed by atoms with Gasteiger partial charge in [0.25, 0.3) is 0 Å². The minimum atomic E-state index is -0.905. The molecule has 0 N–H and O–H groups in total. The molecular weight excluding hydrogens is 270 g/mol. The van der Waals surface area contributed by atoms with E-state index >= 15 is 0 Å². The molecule has 2 aromatic rings. The minimum absolute atomic E-state index is 0.0690. The first-order valence-electron chi connectivity index (χ1n) is 5.41. The average molecular weight is 280 g/mol. The molecule has 0 atom stereocenters. The summed E-state index contributed by atoms with van der Waals surface area (Å²) < 4.78 is 32.7. The highest BCUT2D eigenvalue weighted by Crippen LogP contribution is 2.34. The fourth-order valence-electron chi connectivity index (χ4n) is 1.56. The third-order valence-corrected chi connectivity index (χ3v) is 3.21. The number of hydrogen-bond donors (Lipinski definition) is 0. The van der Waals surface area contributed by atoms with E-state index in [9.17, 15) is 13.6 Å². The van der Waals surface area contributed by atoms with Crippen LogP contribution in [0.15, 0.2) is 41.3 Å². The number of aldehydes is 1. The van der Waals surface area contributed by atoms with Gasteiger partial charge in [0.1, 0.15) is 12.0 Å². The molecule has 0 fully saturated rings. The van der Waals surface area contributed by atoms with Crippen molar-refractivity contribution in [1.82, 2.24) is 0 Å². The van der Waals surface area contributed by atoms with E-state index in [1.165, 1.54) is 11.8 Å². The van der Waals surface area contributed by atoms with Crippen molar-refractivity contribution in [3.05, 3.63) is 53.6 Å². The van der Waals surface area contributed by atoms with Gasteiger partial charge in [-0.3, -0.25) is 4.79 Å². The molecule has 0 saturated heterocycles. The maximum absolute atomic E-state index is 13.7. The molecule has 5 heteroatoms. The molecule has 0 heterocycles. The van der Waals surface area contributed by atoms with Gasteiger partial charge in [-0.15, -0.1) is 11.8 Å². The Labute approximate surface area is 113 Å². The Bertz CT molecular complexity index is 591. The molecule has 98 valence electrons.